The van der Waals surface area contributed by atoms with Gasteiger partial charge in [-0.25, -0.2) is 0 Å². The molecule has 1 N–H and O–H groups in total. The van der Waals surface area contributed by atoms with Crippen LogP contribution in [0.4, 0.5) is 0 Å². The van der Waals surface area contributed by atoms with Crippen molar-refractivity contribution in [2.24, 2.45) is 5.92 Å². The van der Waals surface area contributed by atoms with Crippen LogP contribution in [0.25, 0.3) is 0 Å². The molecule has 1 aromatic rings. The number of hydrogen-bond acceptors (Lipinski definition) is 3. The van der Waals surface area contributed by atoms with Crippen molar-refractivity contribution >= 4 is 11.9 Å². The average Bonchev–Trinajstić information content (AvgIpc) is 2.67. The molecule has 0 bridgehead atoms. The molecular weight excluding hydrogens is 256 g/mol. The number of carbonyl (C=O) groups excluding carboxylic acids is 1. The van der Waals surface area contributed by atoms with Gasteiger partial charge in [-0.05, 0) is 44.9 Å². The van der Waals surface area contributed by atoms with Gasteiger partial charge in [-0.3, -0.25) is 14.6 Å². The fourth-order valence-corrected chi connectivity index (χ4v) is 2.89. The predicted molar refractivity (Wildman–Crippen MR) is 74.1 cm³/mol. The highest BCUT2D eigenvalue weighted by molar-refractivity contribution is 5.88. The van der Waals surface area contributed by atoms with E-state index in [9.17, 15) is 14.7 Å². The zero-order valence-electron chi connectivity index (χ0n) is 12.3. The Kier molecular flexibility index (Phi) is 3.54. The summed E-state index contributed by atoms with van der Waals surface area (Å²) in [4.78, 5) is 29.6. The number of carbonyl (C=O) groups is 2. The molecule has 1 amide bonds. The maximum atomic E-state index is 12.3. The van der Waals surface area contributed by atoms with E-state index in [4.69, 9.17) is 0 Å². The van der Waals surface area contributed by atoms with E-state index in [1.54, 1.807) is 17.3 Å². The molecular formula is C15H20N2O3. The van der Waals surface area contributed by atoms with Gasteiger partial charge in [0.05, 0.1) is 12.0 Å². The van der Waals surface area contributed by atoms with Gasteiger partial charge in [0.2, 0.25) is 5.91 Å². The van der Waals surface area contributed by atoms with Crippen molar-refractivity contribution in [1.29, 1.82) is 0 Å². The average molecular weight is 276 g/mol. The van der Waals surface area contributed by atoms with Crippen LogP contribution in [0.3, 0.4) is 0 Å². The summed E-state index contributed by atoms with van der Waals surface area (Å²) in [5, 5.41) is 9.44. The third-order valence-electron chi connectivity index (χ3n) is 3.76. The second kappa shape index (κ2) is 4.89. The second-order valence-corrected chi connectivity index (χ2v) is 6.26. The number of hydrogen-bond donors (Lipinski definition) is 1. The van der Waals surface area contributed by atoms with E-state index in [0.717, 1.165) is 11.1 Å². The van der Waals surface area contributed by atoms with Crippen molar-refractivity contribution in [2.75, 3.05) is 0 Å². The fourth-order valence-electron chi connectivity index (χ4n) is 2.89. The number of likely N-dealkylation sites (tertiary alicyclic amines) is 1. The summed E-state index contributed by atoms with van der Waals surface area (Å²) < 4.78 is 0. The number of pyridine rings is 1. The summed E-state index contributed by atoms with van der Waals surface area (Å²) in [5.41, 5.74) is 1.36. The highest BCUT2D eigenvalue weighted by Gasteiger charge is 2.49. The molecule has 108 valence electrons. The van der Waals surface area contributed by atoms with Crippen LogP contribution in [0.5, 0.6) is 0 Å². The summed E-state index contributed by atoms with van der Waals surface area (Å²) >= 11 is 0. The number of amides is 1. The molecule has 0 aromatic carbocycles. The largest absolute Gasteiger partial charge is 0.481 e. The number of aryl methyl sites for hydroxylation is 1. The van der Waals surface area contributed by atoms with Crippen LogP contribution >= 0.6 is 0 Å². The van der Waals surface area contributed by atoms with Gasteiger partial charge in [-0.1, -0.05) is 0 Å². The first-order chi connectivity index (χ1) is 9.23. The molecule has 5 heteroatoms. The fraction of sp³-hybridized carbons (Fsp3) is 0.533. The molecule has 1 saturated heterocycles. The smallest absolute Gasteiger partial charge is 0.309 e. The maximum absolute atomic E-state index is 12.3. The van der Waals surface area contributed by atoms with E-state index >= 15 is 0 Å². The molecule has 2 atom stereocenters. The molecule has 0 aliphatic carbocycles. The lowest BCUT2D eigenvalue weighted by Gasteiger charge is -2.38. The molecule has 5 nitrogen and oxygen atoms in total. The molecule has 0 spiro atoms. The van der Waals surface area contributed by atoms with Gasteiger partial charge in [0.1, 0.15) is 0 Å². The molecule has 1 aliphatic rings. The summed E-state index contributed by atoms with van der Waals surface area (Å²) in [5.74, 6) is -1.76. The highest BCUT2D eigenvalue weighted by atomic mass is 16.4. The van der Waals surface area contributed by atoms with E-state index in [1.807, 2.05) is 33.8 Å². The Balaban J connectivity index is 2.55. The Hall–Kier alpha value is -1.91. The van der Waals surface area contributed by atoms with Gasteiger partial charge in [0.15, 0.2) is 0 Å². The number of aliphatic carboxylic acids is 1. The molecule has 0 saturated carbocycles. The molecule has 2 rings (SSSR count). The minimum Gasteiger partial charge on any atom is -0.481 e. The van der Waals surface area contributed by atoms with Crippen molar-refractivity contribution in [3.05, 3.63) is 29.6 Å². The standard InChI is InChI=1S/C15H20N2O3/c1-9-5-6-16-8-11(9)13-10(14(19)20)7-12(18)17(13)15(2,3)4/h5-6,8,10,13H,7H2,1-4H3,(H,19,20). The summed E-state index contributed by atoms with van der Waals surface area (Å²) in [7, 11) is 0. The summed E-state index contributed by atoms with van der Waals surface area (Å²) in [6.45, 7) is 7.69. The predicted octanol–water partition coefficient (Wildman–Crippen LogP) is 2.16. The SMILES string of the molecule is Cc1ccncc1C1C(C(=O)O)CC(=O)N1C(C)(C)C. The van der Waals surface area contributed by atoms with Crippen LogP contribution in [0.2, 0.25) is 0 Å². The van der Waals surface area contributed by atoms with Gasteiger partial charge < -0.3 is 10.0 Å². The minimum absolute atomic E-state index is 0.0472. The van der Waals surface area contributed by atoms with Gasteiger partial charge in [0, 0.05) is 24.4 Å². The van der Waals surface area contributed by atoms with Gasteiger partial charge in [-0.2, -0.15) is 0 Å². The molecule has 20 heavy (non-hydrogen) atoms. The van der Waals surface area contributed by atoms with Crippen LogP contribution < -0.4 is 0 Å². The van der Waals surface area contributed by atoms with E-state index in [2.05, 4.69) is 4.98 Å². The topological polar surface area (TPSA) is 70.5 Å². The van der Waals surface area contributed by atoms with Gasteiger partial charge in [0.25, 0.3) is 0 Å². The number of carboxylic acids is 1. The molecule has 1 aromatic heterocycles. The first kappa shape index (κ1) is 14.5. The normalized spacial score (nSPS) is 23.2. The van der Waals surface area contributed by atoms with Crippen LogP contribution in [0.15, 0.2) is 18.5 Å². The molecule has 1 fully saturated rings. The third kappa shape index (κ3) is 2.40. The monoisotopic (exact) mass is 276 g/mol. The first-order valence-corrected chi connectivity index (χ1v) is 6.69. The molecule has 0 radical (unpaired) electrons. The third-order valence-corrected chi connectivity index (χ3v) is 3.76. The Labute approximate surface area is 118 Å². The van der Waals surface area contributed by atoms with E-state index in [-0.39, 0.29) is 12.3 Å². The first-order valence-electron chi connectivity index (χ1n) is 6.69. The van der Waals surface area contributed by atoms with Crippen LogP contribution in [0.1, 0.15) is 44.4 Å². The number of aromatic nitrogens is 1. The zero-order valence-corrected chi connectivity index (χ0v) is 12.3. The Bertz CT molecular complexity index is 548. The highest BCUT2D eigenvalue weighted by Crippen LogP contribution is 2.43. The van der Waals surface area contributed by atoms with Crippen molar-refractivity contribution in [3.63, 3.8) is 0 Å². The van der Waals surface area contributed by atoms with Crippen LogP contribution in [-0.4, -0.2) is 32.4 Å². The summed E-state index contributed by atoms with van der Waals surface area (Å²) in [6.07, 6.45) is 3.39. The van der Waals surface area contributed by atoms with Crippen molar-refractivity contribution in [3.8, 4) is 0 Å². The Morgan fingerprint density at radius 1 is 1.45 bits per heavy atom. The van der Waals surface area contributed by atoms with Gasteiger partial charge in [-0.15, -0.1) is 0 Å². The summed E-state index contributed by atoms with van der Waals surface area (Å²) in [6, 6.07) is 1.39. The van der Waals surface area contributed by atoms with Crippen molar-refractivity contribution < 1.29 is 14.7 Å². The molecule has 2 heterocycles. The van der Waals surface area contributed by atoms with Crippen LogP contribution in [0, 0.1) is 12.8 Å². The Morgan fingerprint density at radius 3 is 2.60 bits per heavy atom. The molecule has 2 unspecified atom stereocenters. The lowest BCUT2D eigenvalue weighted by molar-refractivity contribution is -0.142. The van der Waals surface area contributed by atoms with Crippen LogP contribution in [-0.2, 0) is 9.59 Å². The lowest BCUT2D eigenvalue weighted by atomic mass is 9.90. The maximum Gasteiger partial charge on any atom is 0.309 e. The van der Waals surface area contributed by atoms with E-state index in [0.29, 0.717) is 0 Å². The second-order valence-electron chi connectivity index (χ2n) is 6.26. The Morgan fingerprint density at radius 2 is 2.10 bits per heavy atom. The van der Waals surface area contributed by atoms with E-state index < -0.39 is 23.5 Å². The number of carboxylic acid groups (broad SMARTS) is 1. The number of nitrogens with zero attached hydrogens (tertiary/aromatic N) is 2. The zero-order chi connectivity index (χ0) is 15.1. The quantitative estimate of drug-likeness (QED) is 0.898. The molecule has 1 aliphatic heterocycles. The van der Waals surface area contributed by atoms with Crippen molar-refractivity contribution in [2.45, 2.75) is 45.7 Å². The van der Waals surface area contributed by atoms with Gasteiger partial charge >= 0.3 is 5.97 Å². The van der Waals surface area contributed by atoms with E-state index in [1.165, 1.54) is 0 Å². The lowest BCUT2D eigenvalue weighted by Crippen LogP contribution is -2.44. The minimum atomic E-state index is -0.932. The van der Waals surface area contributed by atoms with Crippen molar-refractivity contribution in [1.82, 2.24) is 9.88 Å². The number of rotatable bonds is 2.